The predicted octanol–water partition coefficient (Wildman–Crippen LogP) is 4.63. The number of benzene rings is 1. The molecular formula is C22H27N3O2. The molecule has 1 aromatic carbocycles. The molecule has 2 fully saturated rings. The Bertz CT molecular complexity index is 811. The number of pyridine rings is 1. The number of carbonyl (C=O) groups excluding carboxylic acids is 1. The molecule has 0 atom stereocenters. The molecule has 2 saturated carbocycles. The summed E-state index contributed by atoms with van der Waals surface area (Å²) in [7, 11) is 1.65. The Morgan fingerprint density at radius 2 is 2.00 bits per heavy atom. The lowest BCUT2D eigenvalue weighted by Crippen LogP contribution is -2.29. The van der Waals surface area contributed by atoms with E-state index in [1.165, 1.54) is 25.7 Å². The highest BCUT2D eigenvalue weighted by Crippen LogP contribution is 2.42. The highest BCUT2D eigenvalue weighted by Gasteiger charge is 2.29. The summed E-state index contributed by atoms with van der Waals surface area (Å²) in [6.45, 7) is 0.784. The fourth-order valence-corrected chi connectivity index (χ4v) is 3.86. The van der Waals surface area contributed by atoms with Crippen LogP contribution in [0.15, 0.2) is 36.5 Å². The van der Waals surface area contributed by atoms with Gasteiger partial charge in [0, 0.05) is 24.5 Å². The van der Waals surface area contributed by atoms with Crippen LogP contribution in [0.1, 0.15) is 60.4 Å². The van der Waals surface area contributed by atoms with Gasteiger partial charge >= 0.3 is 0 Å². The first-order valence-corrected chi connectivity index (χ1v) is 9.92. The fraction of sp³-hybridized carbons (Fsp3) is 0.455. The van der Waals surface area contributed by atoms with Gasteiger partial charge in [0.1, 0.15) is 11.6 Å². The van der Waals surface area contributed by atoms with Gasteiger partial charge in [-0.2, -0.15) is 0 Å². The van der Waals surface area contributed by atoms with Crippen molar-refractivity contribution in [3.05, 3.63) is 47.7 Å². The lowest BCUT2D eigenvalue weighted by molar-refractivity contribution is 0.0946. The summed E-state index contributed by atoms with van der Waals surface area (Å²) in [6, 6.07) is 9.78. The molecule has 0 spiro atoms. The molecule has 1 heterocycles. The second-order valence-corrected chi connectivity index (χ2v) is 7.65. The van der Waals surface area contributed by atoms with Gasteiger partial charge in [-0.1, -0.05) is 18.9 Å². The average molecular weight is 365 g/mol. The topological polar surface area (TPSA) is 63.2 Å². The van der Waals surface area contributed by atoms with E-state index in [4.69, 9.17) is 4.74 Å². The number of amides is 1. The van der Waals surface area contributed by atoms with E-state index in [2.05, 4.69) is 15.6 Å². The Morgan fingerprint density at radius 3 is 2.74 bits per heavy atom. The third-order valence-electron chi connectivity index (χ3n) is 5.57. The van der Waals surface area contributed by atoms with Crippen LogP contribution in [-0.4, -0.2) is 24.5 Å². The zero-order valence-electron chi connectivity index (χ0n) is 15.8. The average Bonchev–Trinajstić information content (AvgIpc) is 3.42. The van der Waals surface area contributed by atoms with Gasteiger partial charge in [0.05, 0.1) is 12.7 Å². The molecule has 0 bridgehead atoms. The molecule has 1 aromatic heterocycles. The number of hydrogen-bond acceptors (Lipinski definition) is 4. The molecule has 27 heavy (non-hydrogen) atoms. The SMILES string of the molecule is COc1cccc(Nc2cc(C3CC3)c(C(=O)NCC3CCCC3)cn2)c1. The Morgan fingerprint density at radius 1 is 1.19 bits per heavy atom. The van der Waals surface area contributed by atoms with Crippen molar-refractivity contribution in [1.29, 1.82) is 0 Å². The largest absolute Gasteiger partial charge is 0.497 e. The van der Waals surface area contributed by atoms with Gasteiger partial charge in [0.2, 0.25) is 0 Å². The number of methoxy groups -OCH3 is 1. The number of hydrogen-bond donors (Lipinski definition) is 2. The van der Waals surface area contributed by atoms with E-state index in [9.17, 15) is 4.79 Å². The minimum Gasteiger partial charge on any atom is -0.497 e. The smallest absolute Gasteiger partial charge is 0.253 e. The minimum atomic E-state index is 0.0178. The first-order chi connectivity index (χ1) is 13.2. The van der Waals surface area contributed by atoms with Crippen molar-refractivity contribution < 1.29 is 9.53 Å². The molecule has 2 aromatic rings. The highest BCUT2D eigenvalue weighted by molar-refractivity contribution is 5.96. The Labute approximate surface area is 160 Å². The normalized spacial score (nSPS) is 16.9. The van der Waals surface area contributed by atoms with Crippen LogP contribution in [0.4, 0.5) is 11.5 Å². The highest BCUT2D eigenvalue weighted by atomic mass is 16.5. The van der Waals surface area contributed by atoms with Gasteiger partial charge in [-0.3, -0.25) is 4.79 Å². The van der Waals surface area contributed by atoms with E-state index in [0.29, 0.717) is 11.8 Å². The van der Waals surface area contributed by atoms with Crippen LogP contribution in [0.25, 0.3) is 0 Å². The summed E-state index contributed by atoms with van der Waals surface area (Å²) in [5, 5.41) is 6.45. The fourth-order valence-electron chi connectivity index (χ4n) is 3.86. The predicted molar refractivity (Wildman–Crippen MR) is 107 cm³/mol. The van der Waals surface area contributed by atoms with Crippen LogP contribution < -0.4 is 15.4 Å². The molecule has 0 radical (unpaired) electrons. The number of anilines is 2. The monoisotopic (exact) mass is 365 g/mol. The third kappa shape index (κ3) is 4.41. The molecule has 4 rings (SSSR count). The zero-order valence-corrected chi connectivity index (χ0v) is 15.8. The third-order valence-corrected chi connectivity index (χ3v) is 5.57. The number of nitrogens with zero attached hydrogens (tertiary/aromatic N) is 1. The van der Waals surface area contributed by atoms with Crippen molar-refractivity contribution in [2.75, 3.05) is 19.0 Å². The van der Waals surface area contributed by atoms with Gasteiger partial charge in [-0.25, -0.2) is 4.98 Å². The van der Waals surface area contributed by atoms with Crippen molar-refractivity contribution in [2.45, 2.75) is 44.4 Å². The molecule has 2 N–H and O–H groups in total. The first-order valence-electron chi connectivity index (χ1n) is 9.92. The van der Waals surface area contributed by atoms with Crippen LogP contribution in [0, 0.1) is 5.92 Å². The molecule has 5 nitrogen and oxygen atoms in total. The second-order valence-electron chi connectivity index (χ2n) is 7.65. The summed E-state index contributed by atoms with van der Waals surface area (Å²) in [5.74, 6) is 2.69. The molecule has 0 saturated heterocycles. The van der Waals surface area contributed by atoms with E-state index in [-0.39, 0.29) is 5.91 Å². The quantitative estimate of drug-likeness (QED) is 0.751. The minimum absolute atomic E-state index is 0.0178. The first kappa shape index (κ1) is 17.8. The van der Waals surface area contributed by atoms with Gasteiger partial charge in [0.25, 0.3) is 5.91 Å². The second kappa shape index (κ2) is 7.99. The van der Waals surface area contributed by atoms with E-state index in [1.807, 2.05) is 30.3 Å². The molecule has 5 heteroatoms. The van der Waals surface area contributed by atoms with Crippen molar-refractivity contribution in [2.24, 2.45) is 5.92 Å². The Kier molecular flexibility index (Phi) is 5.28. The van der Waals surface area contributed by atoms with Gasteiger partial charge in [-0.15, -0.1) is 0 Å². The summed E-state index contributed by atoms with van der Waals surface area (Å²) in [5.41, 5.74) is 2.76. The summed E-state index contributed by atoms with van der Waals surface area (Å²) >= 11 is 0. The van der Waals surface area contributed by atoms with Crippen LogP contribution in [0.2, 0.25) is 0 Å². The summed E-state index contributed by atoms with van der Waals surface area (Å²) < 4.78 is 5.27. The van der Waals surface area contributed by atoms with E-state index >= 15 is 0 Å². The molecule has 142 valence electrons. The lowest BCUT2D eigenvalue weighted by atomic mass is 10.0. The van der Waals surface area contributed by atoms with Crippen LogP contribution in [0.5, 0.6) is 5.75 Å². The van der Waals surface area contributed by atoms with E-state index < -0.39 is 0 Å². The van der Waals surface area contributed by atoms with Crippen molar-refractivity contribution in [3.63, 3.8) is 0 Å². The van der Waals surface area contributed by atoms with E-state index in [0.717, 1.165) is 47.8 Å². The maximum Gasteiger partial charge on any atom is 0.253 e. The van der Waals surface area contributed by atoms with Crippen LogP contribution >= 0.6 is 0 Å². The van der Waals surface area contributed by atoms with Crippen LogP contribution in [-0.2, 0) is 0 Å². The van der Waals surface area contributed by atoms with Crippen molar-refractivity contribution in [3.8, 4) is 5.75 Å². The van der Waals surface area contributed by atoms with Crippen molar-refractivity contribution >= 4 is 17.4 Å². The maximum absolute atomic E-state index is 12.7. The Hall–Kier alpha value is -2.56. The maximum atomic E-state index is 12.7. The standard InChI is InChI=1S/C22H27N3O2/c1-27-18-8-4-7-17(11-18)25-21-12-19(16-9-10-16)20(14-23-21)22(26)24-13-15-5-2-3-6-15/h4,7-8,11-12,14-16H,2-3,5-6,9-10,13H2,1H3,(H,23,25)(H,24,26). The lowest BCUT2D eigenvalue weighted by Gasteiger charge is -2.14. The molecule has 1 amide bonds. The molecular weight excluding hydrogens is 338 g/mol. The zero-order chi connectivity index (χ0) is 18.6. The molecule has 2 aliphatic carbocycles. The number of carbonyl (C=O) groups is 1. The molecule has 0 unspecified atom stereocenters. The number of ether oxygens (including phenoxy) is 1. The summed E-state index contributed by atoms with van der Waals surface area (Å²) in [6.07, 6.45) is 9.06. The van der Waals surface area contributed by atoms with Gasteiger partial charge in [-0.05, 0) is 61.3 Å². The van der Waals surface area contributed by atoms with Crippen LogP contribution in [0.3, 0.4) is 0 Å². The van der Waals surface area contributed by atoms with Crippen molar-refractivity contribution in [1.82, 2.24) is 10.3 Å². The number of nitrogens with one attached hydrogen (secondary N) is 2. The number of rotatable bonds is 7. The summed E-state index contributed by atoms with van der Waals surface area (Å²) in [4.78, 5) is 17.2. The van der Waals surface area contributed by atoms with E-state index in [1.54, 1.807) is 13.3 Å². The number of aromatic nitrogens is 1. The van der Waals surface area contributed by atoms with Gasteiger partial charge < -0.3 is 15.4 Å². The molecule has 2 aliphatic rings. The molecule has 0 aliphatic heterocycles. The van der Waals surface area contributed by atoms with Gasteiger partial charge in [0.15, 0.2) is 0 Å². The Balaban J connectivity index is 1.48.